The molecule has 0 bridgehead atoms. The number of aliphatic imine (C=N–C) groups is 1. The van der Waals surface area contributed by atoms with E-state index in [1.165, 1.54) is 10.4 Å². The number of aromatic nitrogens is 4. The first-order chi connectivity index (χ1) is 17.7. The summed E-state index contributed by atoms with van der Waals surface area (Å²) in [7, 11) is 2.17. The second-order valence-corrected chi connectivity index (χ2v) is 13.1. The van der Waals surface area contributed by atoms with E-state index in [2.05, 4.69) is 78.0 Å². The van der Waals surface area contributed by atoms with Crippen molar-refractivity contribution in [1.82, 2.24) is 25.1 Å². The molecule has 0 saturated heterocycles. The summed E-state index contributed by atoms with van der Waals surface area (Å²) < 4.78 is 1.05. The molecule has 9 heteroatoms. The molecule has 1 aromatic carbocycles. The Bertz CT molecular complexity index is 1480. The lowest BCUT2D eigenvalue weighted by atomic mass is 9.87. The number of thiophene rings is 1. The molecule has 0 fully saturated rings. The fraction of sp³-hybridized carbons (Fsp3) is 0.483. The normalized spacial score (nSPS) is 14.5. The summed E-state index contributed by atoms with van der Waals surface area (Å²) >= 11 is 1.67. The maximum Gasteiger partial charge on any atom is 0.160 e. The molecule has 0 amide bonds. The van der Waals surface area contributed by atoms with Gasteiger partial charge in [-0.2, -0.15) is 5.10 Å². The van der Waals surface area contributed by atoms with E-state index >= 15 is 0 Å². The van der Waals surface area contributed by atoms with Crippen molar-refractivity contribution >= 4 is 38.8 Å². The highest BCUT2D eigenvalue weighted by Crippen LogP contribution is 2.34. The van der Waals surface area contributed by atoms with Crippen molar-refractivity contribution in [3.63, 3.8) is 0 Å². The Labute approximate surface area is 229 Å². The maximum absolute atomic E-state index is 10.7. The summed E-state index contributed by atoms with van der Waals surface area (Å²) in [5, 5.41) is 18.4. The molecular weight excluding hydrogens is 494 g/mol. The van der Waals surface area contributed by atoms with Gasteiger partial charge in [-0.05, 0) is 69.5 Å². The van der Waals surface area contributed by atoms with Gasteiger partial charge in [-0.3, -0.25) is 10.00 Å². The summed E-state index contributed by atoms with van der Waals surface area (Å²) in [6.07, 6.45) is 4.82. The number of hydrogen-bond donors (Lipinski definition) is 4. The SMILES string of the molecule is C/C=N\C(N)=C/Cc1cc2[nH]nc(-c3nc4c(CC(C)(C)O)cc(CN(C)C(C)C(C)(C)C)cc4[nH]3)c2s1. The molecule has 3 heterocycles. The first-order valence-electron chi connectivity index (χ1n) is 13.1. The van der Waals surface area contributed by atoms with Crippen LogP contribution in [0.15, 0.2) is 35.1 Å². The largest absolute Gasteiger partial charge is 0.390 e. The van der Waals surface area contributed by atoms with Crippen LogP contribution in [0.25, 0.3) is 32.8 Å². The third-order valence-corrected chi connectivity index (χ3v) is 8.16. The number of benzene rings is 1. The van der Waals surface area contributed by atoms with Crippen LogP contribution in [0.2, 0.25) is 0 Å². The highest BCUT2D eigenvalue weighted by Gasteiger charge is 2.25. The van der Waals surface area contributed by atoms with Gasteiger partial charge in [0.05, 0.1) is 26.9 Å². The van der Waals surface area contributed by atoms with Crippen LogP contribution in [0.1, 0.15) is 64.5 Å². The molecule has 0 radical (unpaired) electrons. The minimum absolute atomic E-state index is 0.172. The molecule has 0 spiro atoms. The number of hydrogen-bond acceptors (Lipinski definition) is 7. The zero-order valence-corrected chi connectivity index (χ0v) is 24.6. The molecule has 0 saturated carbocycles. The zero-order valence-electron chi connectivity index (χ0n) is 23.8. The van der Waals surface area contributed by atoms with Crippen LogP contribution in [0, 0.1) is 5.41 Å². The molecular formula is C29H41N7OS. The topological polar surface area (TPSA) is 119 Å². The van der Waals surface area contributed by atoms with Crippen LogP contribution < -0.4 is 5.73 Å². The van der Waals surface area contributed by atoms with Crippen molar-refractivity contribution in [3.8, 4) is 11.5 Å². The van der Waals surface area contributed by atoms with Crippen LogP contribution >= 0.6 is 11.3 Å². The number of imidazole rings is 1. The van der Waals surface area contributed by atoms with Gasteiger partial charge in [-0.25, -0.2) is 9.98 Å². The number of rotatable bonds is 9. The third-order valence-electron chi connectivity index (χ3n) is 7.00. The van der Waals surface area contributed by atoms with Crippen molar-refractivity contribution in [2.45, 2.75) is 79.5 Å². The number of H-pyrrole nitrogens is 2. The smallest absolute Gasteiger partial charge is 0.160 e. The van der Waals surface area contributed by atoms with Crippen molar-refractivity contribution in [3.05, 3.63) is 46.1 Å². The zero-order chi connectivity index (χ0) is 27.8. The number of nitrogens with zero attached hydrogens (tertiary/aromatic N) is 4. The summed E-state index contributed by atoms with van der Waals surface area (Å²) in [5.41, 5.74) is 11.0. The van der Waals surface area contributed by atoms with E-state index < -0.39 is 5.60 Å². The fourth-order valence-corrected chi connectivity index (χ4v) is 5.74. The summed E-state index contributed by atoms with van der Waals surface area (Å²) in [6, 6.07) is 6.87. The Morgan fingerprint density at radius 2 is 1.95 bits per heavy atom. The predicted octanol–water partition coefficient (Wildman–Crippen LogP) is 5.78. The van der Waals surface area contributed by atoms with Gasteiger partial charge in [0.1, 0.15) is 11.5 Å². The van der Waals surface area contributed by atoms with Gasteiger partial charge in [0.25, 0.3) is 0 Å². The van der Waals surface area contributed by atoms with Crippen molar-refractivity contribution in [2.75, 3.05) is 7.05 Å². The van der Waals surface area contributed by atoms with Crippen LogP contribution in [-0.2, 0) is 19.4 Å². The summed E-state index contributed by atoms with van der Waals surface area (Å²) in [6.45, 7) is 15.4. The van der Waals surface area contributed by atoms with Crippen LogP contribution in [0.5, 0.6) is 0 Å². The van der Waals surface area contributed by atoms with E-state index in [1.807, 2.05) is 26.8 Å². The molecule has 4 aromatic rings. The monoisotopic (exact) mass is 535 g/mol. The minimum Gasteiger partial charge on any atom is -0.390 e. The summed E-state index contributed by atoms with van der Waals surface area (Å²) in [4.78, 5) is 16.2. The molecule has 4 rings (SSSR count). The van der Waals surface area contributed by atoms with E-state index in [-0.39, 0.29) is 5.41 Å². The highest BCUT2D eigenvalue weighted by atomic mass is 32.1. The van der Waals surface area contributed by atoms with Crippen molar-refractivity contribution in [2.24, 2.45) is 16.1 Å². The Hall–Kier alpha value is -3.01. The van der Waals surface area contributed by atoms with Gasteiger partial charge in [-0.15, -0.1) is 11.3 Å². The van der Waals surface area contributed by atoms with E-state index in [0.717, 1.165) is 44.9 Å². The number of nitrogens with two attached hydrogens (primary N) is 1. The fourth-order valence-electron chi connectivity index (χ4n) is 4.68. The molecule has 8 nitrogen and oxygen atoms in total. The Kier molecular flexibility index (Phi) is 7.84. The Morgan fingerprint density at radius 1 is 1.21 bits per heavy atom. The average Bonchev–Trinajstić information content (AvgIpc) is 3.49. The van der Waals surface area contributed by atoms with Gasteiger partial charge >= 0.3 is 0 Å². The van der Waals surface area contributed by atoms with Crippen LogP contribution in [-0.4, -0.2) is 55.1 Å². The first kappa shape index (κ1) is 28.0. The van der Waals surface area contributed by atoms with E-state index in [9.17, 15) is 5.11 Å². The van der Waals surface area contributed by atoms with Crippen LogP contribution in [0.4, 0.5) is 0 Å². The van der Waals surface area contributed by atoms with Gasteiger partial charge in [0, 0.05) is 36.5 Å². The highest BCUT2D eigenvalue weighted by molar-refractivity contribution is 7.19. The molecule has 0 aliphatic heterocycles. The molecule has 204 valence electrons. The van der Waals surface area contributed by atoms with Crippen molar-refractivity contribution in [1.29, 1.82) is 0 Å². The quantitative estimate of drug-likeness (QED) is 0.203. The molecule has 3 aromatic heterocycles. The van der Waals surface area contributed by atoms with Crippen LogP contribution in [0.3, 0.4) is 0 Å². The molecule has 1 unspecified atom stereocenters. The summed E-state index contributed by atoms with van der Waals surface area (Å²) in [5.74, 6) is 1.23. The van der Waals surface area contributed by atoms with Gasteiger partial charge in [-0.1, -0.05) is 26.8 Å². The Balaban J connectivity index is 1.72. The maximum atomic E-state index is 10.7. The molecule has 0 aliphatic rings. The lowest BCUT2D eigenvalue weighted by Gasteiger charge is -2.35. The number of aromatic amines is 2. The molecule has 0 aliphatic carbocycles. The van der Waals surface area contributed by atoms with Gasteiger partial charge in [0.15, 0.2) is 5.82 Å². The average molecular weight is 536 g/mol. The lowest BCUT2D eigenvalue weighted by Crippen LogP contribution is -2.38. The number of fused-ring (bicyclic) bond motifs is 2. The molecule has 1 atom stereocenters. The number of aliphatic hydroxyl groups is 1. The molecule has 38 heavy (non-hydrogen) atoms. The van der Waals surface area contributed by atoms with E-state index in [4.69, 9.17) is 10.7 Å². The van der Waals surface area contributed by atoms with Gasteiger partial charge < -0.3 is 15.8 Å². The Morgan fingerprint density at radius 3 is 2.61 bits per heavy atom. The second-order valence-electron chi connectivity index (χ2n) is 11.9. The number of allylic oxidation sites excluding steroid dienone is 1. The van der Waals surface area contributed by atoms with E-state index in [0.29, 0.717) is 24.7 Å². The molecule has 5 N–H and O–H groups in total. The van der Waals surface area contributed by atoms with E-state index in [1.54, 1.807) is 17.6 Å². The predicted molar refractivity (Wildman–Crippen MR) is 160 cm³/mol. The van der Waals surface area contributed by atoms with Gasteiger partial charge in [0.2, 0.25) is 0 Å². The van der Waals surface area contributed by atoms with Crippen molar-refractivity contribution < 1.29 is 5.11 Å². The second kappa shape index (κ2) is 10.6. The standard InChI is InChI=1S/C29H41N7OS/c1-9-31-23(30)11-10-20-14-22-26(38-20)25(35-34-22)27-32-21-13-18(16-36(8)17(2)28(3,4)5)12-19(24(21)33-27)15-29(6,7)37/h9,11-14,17,37H,10,15-16,30H2,1-8H3,(H,32,33)(H,34,35)/b23-11-,31-9-. The first-order valence-corrected chi connectivity index (χ1v) is 13.9. The minimum atomic E-state index is -0.852. The number of nitrogens with one attached hydrogen (secondary N) is 2. The lowest BCUT2D eigenvalue weighted by molar-refractivity contribution is 0.0812. The third kappa shape index (κ3) is 6.34.